The Labute approximate surface area is 203 Å². The molecule has 0 bridgehead atoms. The predicted octanol–water partition coefficient (Wildman–Crippen LogP) is 2.82. The number of benzene rings is 2. The zero-order valence-corrected chi connectivity index (χ0v) is 18.5. The fraction of sp³-hybridized carbons (Fsp3) is 0.280. The minimum Gasteiger partial charge on any atom is -0.489 e. The van der Waals surface area contributed by atoms with E-state index in [-0.39, 0.29) is 40.7 Å². The van der Waals surface area contributed by atoms with Crippen LogP contribution in [-0.2, 0) is 13.5 Å². The molecule has 0 unspecified atom stereocenters. The summed E-state index contributed by atoms with van der Waals surface area (Å²) in [7, 11) is 0. The van der Waals surface area contributed by atoms with Crippen molar-refractivity contribution in [3.63, 3.8) is 0 Å². The number of halogens is 1. The van der Waals surface area contributed by atoms with E-state index in [2.05, 4.69) is 21.4 Å². The van der Waals surface area contributed by atoms with Crippen molar-refractivity contribution in [3.8, 4) is 34.2 Å². The van der Waals surface area contributed by atoms with E-state index in [4.69, 9.17) is 14.6 Å². The monoisotopic (exact) mass is 474 g/mol. The van der Waals surface area contributed by atoms with Crippen molar-refractivity contribution < 1.29 is 13.2 Å². The van der Waals surface area contributed by atoms with Gasteiger partial charge in [0.2, 0.25) is 0 Å². The van der Waals surface area contributed by atoms with Crippen LogP contribution in [0.25, 0.3) is 33.2 Å². The van der Waals surface area contributed by atoms with Gasteiger partial charge in [-0.15, -0.1) is 0 Å². The van der Waals surface area contributed by atoms with Crippen molar-refractivity contribution in [2.24, 2.45) is 12.7 Å². The average Bonchev–Trinajstić information content (AvgIpc) is 3.55. The highest BCUT2D eigenvalue weighted by Crippen LogP contribution is 2.47. The maximum atomic E-state index is 15.9. The van der Waals surface area contributed by atoms with E-state index in [0.717, 1.165) is 17.5 Å². The molecule has 3 N–H and O–H groups in total. The average molecular weight is 475 g/mol. The Bertz CT molecular complexity index is 1710. The van der Waals surface area contributed by atoms with E-state index in [1.807, 2.05) is 4.90 Å². The summed E-state index contributed by atoms with van der Waals surface area (Å²) in [5.41, 5.74) is 6.78. The van der Waals surface area contributed by atoms with Crippen molar-refractivity contribution in [1.82, 2.24) is 20.0 Å². The number of nitrogens with two attached hydrogens (primary N) is 1. The van der Waals surface area contributed by atoms with E-state index >= 15 is 4.39 Å². The minimum absolute atomic E-state index is 0.0135. The number of hydrogen-bond donors (Lipinski definition) is 2. The number of aromatic nitrogens is 4. The molecule has 176 valence electrons. The number of aromatic amines is 1. The summed E-state index contributed by atoms with van der Waals surface area (Å²) >= 11 is 0. The SMILES string of the molecule is [2H]C([2H])([2H])n1ncc(-c2ccc3c(=O)[nH]nc(CN)c3c2)c1-c1c(F)cc2c(c1C#N)N1CCC[C@H]1CO2. The van der Waals surface area contributed by atoms with E-state index in [1.54, 1.807) is 18.2 Å². The van der Waals surface area contributed by atoms with Crippen LogP contribution in [0.15, 0.2) is 35.3 Å². The predicted molar refractivity (Wildman–Crippen MR) is 128 cm³/mol. The van der Waals surface area contributed by atoms with Gasteiger partial charge in [0, 0.05) is 41.2 Å². The molecule has 9 nitrogen and oxygen atoms in total. The molecule has 1 saturated heterocycles. The zero-order chi connectivity index (χ0) is 26.8. The molecule has 0 amide bonds. The molecule has 35 heavy (non-hydrogen) atoms. The molecule has 1 fully saturated rings. The van der Waals surface area contributed by atoms with Gasteiger partial charge in [0.25, 0.3) is 5.56 Å². The number of ether oxygens (including phenoxy) is 1. The van der Waals surface area contributed by atoms with Crippen LogP contribution in [0.3, 0.4) is 0 Å². The first-order valence-corrected chi connectivity index (χ1v) is 11.2. The smallest absolute Gasteiger partial charge is 0.272 e. The zero-order valence-electron chi connectivity index (χ0n) is 21.5. The van der Waals surface area contributed by atoms with Crippen molar-refractivity contribution in [1.29, 1.82) is 5.26 Å². The molecule has 0 saturated carbocycles. The Morgan fingerprint density at radius 2 is 2.29 bits per heavy atom. The second-order valence-corrected chi connectivity index (χ2v) is 8.65. The van der Waals surface area contributed by atoms with E-state index < -0.39 is 18.4 Å². The Kier molecular flexibility index (Phi) is 4.11. The largest absolute Gasteiger partial charge is 0.489 e. The first-order valence-electron chi connectivity index (χ1n) is 12.7. The summed E-state index contributed by atoms with van der Waals surface area (Å²) in [6.45, 7) is -1.65. The molecule has 2 aromatic heterocycles. The number of hydrogen-bond acceptors (Lipinski definition) is 7. The molecule has 6 rings (SSSR count). The van der Waals surface area contributed by atoms with Crippen molar-refractivity contribution in [3.05, 3.63) is 57.9 Å². The van der Waals surface area contributed by atoms with Crippen LogP contribution in [0.1, 0.15) is 28.2 Å². The summed E-state index contributed by atoms with van der Waals surface area (Å²) in [5, 5.41) is 21.6. The fourth-order valence-corrected chi connectivity index (χ4v) is 5.18. The molecule has 0 spiro atoms. The molecular formula is C25H22FN7O2. The molecule has 1 atom stereocenters. The third-order valence-electron chi connectivity index (χ3n) is 6.80. The van der Waals surface area contributed by atoms with Crippen molar-refractivity contribution in [2.75, 3.05) is 18.1 Å². The van der Waals surface area contributed by atoms with Gasteiger partial charge in [0.15, 0.2) is 0 Å². The third-order valence-corrected chi connectivity index (χ3v) is 6.80. The highest BCUT2D eigenvalue weighted by atomic mass is 19.1. The summed E-state index contributed by atoms with van der Waals surface area (Å²) in [5.74, 6) is -0.544. The molecule has 0 radical (unpaired) electrons. The number of anilines is 1. The highest BCUT2D eigenvalue weighted by Gasteiger charge is 2.36. The second kappa shape index (κ2) is 7.92. The van der Waals surface area contributed by atoms with Gasteiger partial charge >= 0.3 is 0 Å². The summed E-state index contributed by atoms with van der Waals surface area (Å²) in [6.07, 6.45) is 3.10. The van der Waals surface area contributed by atoms with Gasteiger partial charge in [-0.25, -0.2) is 9.49 Å². The van der Waals surface area contributed by atoms with Gasteiger partial charge in [0.05, 0.1) is 45.8 Å². The molecule has 4 aromatic rings. The van der Waals surface area contributed by atoms with Gasteiger partial charge in [-0.1, -0.05) is 6.07 Å². The van der Waals surface area contributed by atoms with Crippen LogP contribution in [0.2, 0.25) is 0 Å². The van der Waals surface area contributed by atoms with Crippen LogP contribution in [0, 0.1) is 17.1 Å². The first kappa shape index (κ1) is 18.1. The van der Waals surface area contributed by atoms with Crippen LogP contribution in [-0.4, -0.2) is 39.2 Å². The number of fused-ring (bicyclic) bond motifs is 4. The van der Waals surface area contributed by atoms with Gasteiger partial charge in [-0.3, -0.25) is 9.48 Å². The Morgan fingerprint density at radius 3 is 3.09 bits per heavy atom. The standard InChI is InChI=1S/C25H22FN7O2/c1-32-24(18(11-29-32)13-4-5-15-16(7-13)20(10-28)30-31-25(15)34)22-17(9-27)23-21(8-19(22)26)35-12-14-3-2-6-33(14)23/h4-5,7-8,11,14H,2-3,6,10,12,28H2,1H3,(H,31,34)/t14-/m0/s1/i1D3. The van der Waals surface area contributed by atoms with Crippen LogP contribution in [0.5, 0.6) is 5.75 Å². The summed E-state index contributed by atoms with van der Waals surface area (Å²) < 4.78 is 46.7. The van der Waals surface area contributed by atoms with Gasteiger partial charge in [-0.05, 0) is 30.5 Å². The van der Waals surface area contributed by atoms with E-state index in [1.165, 1.54) is 12.3 Å². The minimum atomic E-state index is -2.77. The van der Waals surface area contributed by atoms with Crippen LogP contribution in [0.4, 0.5) is 10.1 Å². The topological polar surface area (TPSA) is 126 Å². The van der Waals surface area contributed by atoms with Crippen LogP contribution < -0.4 is 20.9 Å². The summed E-state index contributed by atoms with van der Waals surface area (Å²) in [4.78, 5) is 14.4. The third kappa shape index (κ3) is 3.12. The lowest BCUT2D eigenvalue weighted by molar-refractivity contribution is 0.270. The lowest BCUT2D eigenvalue weighted by Crippen LogP contribution is -2.38. The van der Waals surface area contributed by atoms with Crippen molar-refractivity contribution in [2.45, 2.75) is 25.4 Å². The Hall–Kier alpha value is -4.23. The van der Waals surface area contributed by atoms with Gasteiger partial charge in [-0.2, -0.15) is 15.5 Å². The number of aryl methyl sites for hydroxylation is 1. The maximum Gasteiger partial charge on any atom is 0.272 e. The van der Waals surface area contributed by atoms with E-state index in [0.29, 0.717) is 40.9 Å². The van der Waals surface area contributed by atoms with Gasteiger partial charge in [0.1, 0.15) is 24.2 Å². The summed E-state index contributed by atoms with van der Waals surface area (Å²) in [6, 6.07) is 8.21. The Morgan fingerprint density at radius 1 is 1.40 bits per heavy atom. The molecular weight excluding hydrogens is 449 g/mol. The molecule has 2 aliphatic rings. The quantitative estimate of drug-likeness (QED) is 0.468. The van der Waals surface area contributed by atoms with Crippen molar-refractivity contribution >= 4 is 16.5 Å². The second-order valence-electron chi connectivity index (χ2n) is 8.65. The molecule has 10 heteroatoms. The molecule has 0 aliphatic carbocycles. The number of nitrogens with one attached hydrogen (secondary N) is 1. The Balaban J connectivity index is 1.66. The molecule has 2 aromatic carbocycles. The fourth-order valence-electron chi connectivity index (χ4n) is 5.18. The number of rotatable bonds is 3. The van der Waals surface area contributed by atoms with E-state index in [9.17, 15) is 10.1 Å². The molecule has 4 heterocycles. The normalized spacial score (nSPS) is 18.3. The lowest BCUT2D eigenvalue weighted by Gasteiger charge is -2.35. The van der Waals surface area contributed by atoms with Crippen LogP contribution >= 0.6 is 0 Å². The maximum absolute atomic E-state index is 15.9. The van der Waals surface area contributed by atoms with Gasteiger partial charge < -0.3 is 15.4 Å². The number of nitriles is 1. The first-order chi connectivity index (χ1) is 18.2. The highest BCUT2D eigenvalue weighted by molar-refractivity contribution is 5.93. The number of H-pyrrole nitrogens is 1. The number of nitrogens with zero attached hydrogens (tertiary/aromatic N) is 5. The molecule has 2 aliphatic heterocycles. The lowest BCUT2D eigenvalue weighted by atomic mass is 9.94.